The van der Waals surface area contributed by atoms with Crippen molar-refractivity contribution >= 4 is 11.6 Å². The Labute approximate surface area is 114 Å². The molecule has 0 radical (unpaired) electrons. The molecule has 0 spiro atoms. The zero-order valence-electron chi connectivity index (χ0n) is 10.5. The number of halogens is 4. The molecule has 0 bridgehead atoms. The standard InChI is InChI=1S/C15H12ClF3/c1-8(2)10-4-3-5-11(15(10)19)14-12(16)6-9(17)7-13(14)18/h3-8H,1-2H3. The first-order valence-corrected chi connectivity index (χ1v) is 6.23. The Hall–Kier alpha value is -1.48. The minimum absolute atomic E-state index is 0.0396. The van der Waals surface area contributed by atoms with Crippen molar-refractivity contribution in [3.8, 4) is 11.1 Å². The molecule has 0 atom stereocenters. The maximum absolute atomic E-state index is 14.4. The van der Waals surface area contributed by atoms with E-state index in [-0.39, 0.29) is 22.1 Å². The van der Waals surface area contributed by atoms with E-state index >= 15 is 0 Å². The fraction of sp³-hybridized carbons (Fsp3) is 0.200. The van der Waals surface area contributed by atoms with Gasteiger partial charge in [0.2, 0.25) is 0 Å². The van der Waals surface area contributed by atoms with Gasteiger partial charge in [-0.25, -0.2) is 13.2 Å². The minimum atomic E-state index is -0.871. The number of rotatable bonds is 2. The molecular formula is C15H12ClF3. The first-order valence-electron chi connectivity index (χ1n) is 5.85. The zero-order chi connectivity index (χ0) is 14.2. The maximum atomic E-state index is 14.4. The SMILES string of the molecule is CC(C)c1cccc(-c2c(F)cc(F)cc2Cl)c1F. The molecule has 0 saturated heterocycles. The summed E-state index contributed by atoms with van der Waals surface area (Å²) in [6.07, 6.45) is 0. The molecule has 2 aromatic rings. The van der Waals surface area contributed by atoms with Gasteiger partial charge in [0.25, 0.3) is 0 Å². The summed E-state index contributed by atoms with van der Waals surface area (Å²) in [6.45, 7) is 3.68. The molecule has 100 valence electrons. The zero-order valence-corrected chi connectivity index (χ0v) is 11.2. The van der Waals surface area contributed by atoms with Gasteiger partial charge in [0.1, 0.15) is 17.5 Å². The summed E-state index contributed by atoms with van der Waals surface area (Å²) in [5, 5.41) is -0.141. The van der Waals surface area contributed by atoms with E-state index in [0.717, 1.165) is 6.07 Å². The third-order valence-electron chi connectivity index (χ3n) is 2.93. The van der Waals surface area contributed by atoms with Crippen LogP contribution in [0.5, 0.6) is 0 Å². The second-order valence-corrected chi connectivity index (χ2v) is 5.02. The Kier molecular flexibility index (Phi) is 3.85. The third kappa shape index (κ3) is 2.61. The van der Waals surface area contributed by atoms with Gasteiger partial charge < -0.3 is 0 Å². The Morgan fingerprint density at radius 2 is 1.74 bits per heavy atom. The van der Waals surface area contributed by atoms with Crippen LogP contribution in [0.4, 0.5) is 13.2 Å². The van der Waals surface area contributed by atoms with E-state index in [1.807, 2.05) is 13.8 Å². The van der Waals surface area contributed by atoms with Gasteiger partial charge in [-0.1, -0.05) is 43.6 Å². The molecule has 2 rings (SSSR count). The molecular weight excluding hydrogens is 273 g/mol. The lowest BCUT2D eigenvalue weighted by Gasteiger charge is -2.13. The van der Waals surface area contributed by atoms with Crippen LogP contribution >= 0.6 is 11.6 Å². The second kappa shape index (κ2) is 5.25. The molecule has 0 aliphatic rings. The van der Waals surface area contributed by atoms with E-state index < -0.39 is 17.5 Å². The highest BCUT2D eigenvalue weighted by Gasteiger charge is 2.18. The van der Waals surface area contributed by atoms with Crippen molar-refractivity contribution in [3.63, 3.8) is 0 Å². The van der Waals surface area contributed by atoms with Crippen molar-refractivity contribution in [2.45, 2.75) is 19.8 Å². The van der Waals surface area contributed by atoms with Gasteiger partial charge in [-0.15, -0.1) is 0 Å². The van der Waals surface area contributed by atoms with Crippen LogP contribution in [0, 0.1) is 17.5 Å². The number of benzene rings is 2. The second-order valence-electron chi connectivity index (χ2n) is 4.61. The molecule has 0 aliphatic carbocycles. The molecule has 0 aliphatic heterocycles. The Morgan fingerprint density at radius 1 is 1.05 bits per heavy atom. The first kappa shape index (κ1) is 13.9. The smallest absolute Gasteiger partial charge is 0.135 e. The number of hydrogen-bond acceptors (Lipinski definition) is 0. The predicted molar refractivity (Wildman–Crippen MR) is 70.9 cm³/mol. The highest BCUT2D eigenvalue weighted by atomic mass is 35.5. The van der Waals surface area contributed by atoms with Crippen molar-refractivity contribution in [1.29, 1.82) is 0 Å². The molecule has 2 aromatic carbocycles. The van der Waals surface area contributed by atoms with Crippen LogP contribution in [0.2, 0.25) is 5.02 Å². The molecule has 4 heteroatoms. The molecule has 0 saturated carbocycles. The molecule has 0 N–H and O–H groups in total. The predicted octanol–water partition coefficient (Wildman–Crippen LogP) is 5.55. The van der Waals surface area contributed by atoms with Gasteiger partial charge >= 0.3 is 0 Å². The van der Waals surface area contributed by atoms with Crippen LogP contribution < -0.4 is 0 Å². The van der Waals surface area contributed by atoms with Gasteiger partial charge in [0.05, 0.1) is 5.02 Å². The van der Waals surface area contributed by atoms with Gasteiger partial charge in [0.15, 0.2) is 0 Å². The largest absolute Gasteiger partial charge is 0.207 e. The normalized spacial score (nSPS) is 11.1. The summed E-state index contributed by atoms with van der Waals surface area (Å²) in [6, 6.07) is 6.37. The Bertz CT molecular complexity index is 598. The lowest BCUT2D eigenvalue weighted by atomic mass is 9.96. The summed E-state index contributed by atoms with van der Waals surface area (Å²) in [7, 11) is 0. The molecule has 0 fully saturated rings. The topological polar surface area (TPSA) is 0 Å². The van der Waals surface area contributed by atoms with Crippen LogP contribution in [0.25, 0.3) is 11.1 Å². The maximum Gasteiger partial charge on any atom is 0.135 e. The molecule has 19 heavy (non-hydrogen) atoms. The first-order chi connectivity index (χ1) is 8.91. The van der Waals surface area contributed by atoms with Crippen LogP contribution in [-0.4, -0.2) is 0 Å². The van der Waals surface area contributed by atoms with Gasteiger partial charge in [-0.05, 0) is 17.5 Å². The highest BCUT2D eigenvalue weighted by molar-refractivity contribution is 6.33. The average molecular weight is 285 g/mol. The van der Waals surface area contributed by atoms with Gasteiger partial charge in [0, 0.05) is 17.2 Å². The van der Waals surface area contributed by atoms with Crippen LogP contribution in [0.15, 0.2) is 30.3 Å². The summed E-state index contributed by atoms with van der Waals surface area (Å²) in [5.41, 5.74) is 0.411. The van der Waals surface area contributed by atoms with Crippen LogP contribution in [0.1, 0.15) is 25.3 Å². The van der Waals surface area contributed by atoms with E-state index in [1.54, 1.807) is 12.1 Å². The summed E-state index contributed by atoms with van der Waals surface area (Å²) < 4.78 is 41.2. The Balaban J connectivity index is 2.70. The van der Waals surface area contributed by atoms with Crippen molar-refractivity contribution in [3.05, 3.63) is 58.4 Å². The lowest BCUT2D eigenvalue weighted by molar-refractivity contribution is 0.579. The van der Waals surface area contributed by atoms with Crippen molar-refractivity contribution in [2.24, 2.45) is 0 Å². The Morgan fingerprint density at radius 3 is 2.32 bits per heavy atom. The summed E-state index contributed by atoms with van der Waals surface area (Å²) >= 11 is 5.83. The van der Waals surface area contributed by atoms with Crippen molar-refractivity contribution in [2.75, 3.05) is 0 Å². The minimum Gasteiger partial charge on any atom is -0.207 e. The quantitative estimate of drug-likeness (QED) is 0.678. The van der Waals surface area contributed by atoms with Gasteiger partial charge in [-0.3, -0.25) is 0 Å². The number of hydrogen-bond donors (Lipinski definition) is 0. The monoisotopic (exact) mass is 284 g/mol. The molecule has 0 nitrogen and oxygen atoms in total. The third-order valence-corrected chi connectivity index (χ3v) is 3.22. The highest BCUT2D eigenvalue weighted by Crippen LogP contribution is 2.35. The van der Waals surface area contributed by atoms with Gasteiger partial charge in [-0.2, -0.15) is 0 Å². The lowest BCUT2D eigenvalue weighted by Crippen LogP contribution is -1.98. The molecule has 0 heterocycles. The van der Waals surface area contributed by atoms with E-state index in [9.17, 15) is 13.2 Å². The fourth-order valence-electron chi connectivity index (χ4n) is 1.99. The molecule has 0 amide bonds. The van der Waals surface area contributed by atoms with Crippen molar-refractivity contribution < 1.29 is 13.2 Å². The van der Waals surface area contributed by atoms with E-state index in [1.165, 1.54) is 6.07 Å². The molecule has 0 aromatic heterocycles. The van der Waals surface area contributed by atoms with E-state index in [4.69, 9.17) is 11.6 Å². The summed E-state index contributed by atoms with van der Waals surface area (Å²) in [4.78, 5) is 0. The average Bonchev–Trinajstić information content (AvgIpc) is 2.29. The molecule has 0 unspecified atom stereocenters. The van der Waals surface area contributed by atoms with Crippen LogP contribution in [-0.2, 0) is 0 Å². The van der Waals surface area contributed by atoms with E-state index in [0.29, 0.717) is 11.6 Å². The fourth-order valence-corrected chi connectivity index (χ4v) is 2.28. The summed E-state index contributed by atoms with van der Waals surface area (Å²) in [5.74, 6) is -2.22. The van der Waals surface area contributed by atoms with E-state index in [2.05, 4.69) is 0 Å². The van der Waals surface area contributed by atoms with Crippen LogP contribution in [0.3, 0.4) is 0 Å². The van der Waals surface area contributed by atoms with Crippen molar-refractivity contribution in [1.82, 2.24) is 0 Å².